The van der Waals surface area contributed by atoms with Crippen molar-refractivity contribution in [1.29, 1.82) is 0 Å². The minimum absolute atomic E-state index is 0. The van der Waals surface area contributed by atoms with Crippen molar-refractivity contribution in [2.45, 2.75) is 0 Å². The lowest BCUT2D eigenvalue weighted by Crippen LogP contribution is -2.02. The molecule has 0 amide bonds. The molecule has 0 aliphatic heterocycles. The third kappa shape index (κ3) is 7.86. The van der Waals surface area contributed by atoms with Gasteiger partial charge in [0.05, 0.1) is 0 Å². The number of benzene rings is 2. The summed E-state index contributed by atoms with van der Waals surface area (Å²) in [6, 6.07) is 20.8. The van der Waals surface area contributed by atoms with Crippen molar-refractivity contribution in [2.75, 3.05) is 0 Å². The van der Waals surface area contributed by atoms with Gasteiger partial charge in [0.1, 0.15) is 0 Å². The van der Waals surface area contributed by atoms with E-state index in [-0.39, 0.29) is 12.4 Å². The second-order valence-electron chi connectivity index (χ2n) is 3.16. The van der Waals surface area contributed by atoms with Crippen LogP contribution < -0.4 is 0 Å². The summed E-state index contributed by atoms with van der Waals surface area (Å²) in [4.78, 5) is 0. The summed E-state index contributed by atoms with van der Waals surface area (Å²) in [6.07, 6.45) is 0. The van der Waals surface area contributed by atoms with Gasteiger partial charge in [-0.2, -0.15) is 0 Å². The van der Waals surface area contributed by atoms with Gasteiger partial charge < -0.3 is 0 Å². The van der Waals surface area contributed by atoms with Gasteiger partial charge in [-0.3, -0.25) is 0 Å². The highest BCUT2D eigenvalue weighted by molar-refractivity contribution is 6.50. The Morgan fingerprint density at radius 2 is 0.778 bits per heavy atom. The van der Waals surface area contributed by atoms with Gasteiger partial charge in [0.25, 0.3) is 0 Å². The normalized spacial score (nSPS) is 9.78. The zero-order valence-electron chi connectivity index (χ0n) is 9.19. The van der Waals surface area contributed by atoms with Gasteiger partial charge >= 0.3 is 9.41 Å². The molecule has 0 fully saturated rings. The Morgan fingerprint density at radius 3 is 1.00 bits per heavy atom. The SMILES string of the molecule is Cl.F[Si](F)(F)F.c1ccc(-c2ccccc2)cc1. The van der Waals surface area contributed by atoms with Crippen LogP contribution in [-0.2, 0) is 0 Å². The maximum atomic E-state index is 9.83. The lowest BCUT2D eigenvalue weighted by molar-refractivity contribution is 0.368. The minimum atomic E-state index is -6.61. The quantitative estimate of drug-likeness (QED) is 0.391. The molecule has 2 aromatic carbocycles. The molecular formula is C12H11ClF4Si. The first-order chi connectivity index (χ1) is 7.97. The molecule has 2 rings (SSSR count). The molecule has 98 valence electrons. The summed E-state index contributed by atoms with van der Waals surface area (Å²) >= 11 is 0. The first kappa shape index (κ1) is 16.7. The van der Waals surface area contributed by atoms with Gasteiger partial charge in [-0.25, -0.2) is 16.4 Å². The highest BCUT2D eigenvalue weighted by Crippen LogP contribution is 2.17. The van der Waals surface area contributed by atoms with Gasteiger partial charge in [-0.05, 0) is 11.1 Å². The fourth-order valence-electron chi connectivity index (χ4n) is 1.26. The van der Waals surface area contributed by atoms with Crippen LogP contribution in [-0.4, -0.2) is 9.41 Å². The smallest absolute Gasteiger partial charge is 0.211 e. The average Bonchev–Trinajstić information content (AvgIpc) is 2.29. The molecule has 0 aliphatic carbocycles. The van der Waals surface area contributed by atoms with E-state index in [0.29, 0.717) is 0 Å². The summed E-state index contributed by atoms with van der Waals surface area (Å²) in [5, 5.41) is 0. The molecule has 0 unspecified atom stereocenters. The Kier molecular flexibility index (Phi) is 7.31. The largest absolute Gasteiger partial charge is 0.844 e. The monoisotopic (exact) mass is 294 g/mol. The first-order valence-electron chi connectivity index (χ1n) is 4.83. The summed E-state index contributed by atoms with van der Waals surface area (Å²) in [5.74, 6) is 0. The van der Waals surface area contributed by atoms with E-state index in [9.17, 15) is 16.4 Å². The molecule has 0 atom stereocenters. The summed E-state index contributed by atoms with van der Waals surface area (Å²) < 4.78 is 39.3. The highest BCUT2D eigenvalue weighted by atomic mass is 35.5. The van der Waals surface area contributed by atoms with Crippen LogP contribution in [0.5, 0.6) is 0 Å². The van der Waals surface area contributed by atoms with E-state index in [0.717, 1.165) is 0 Å². The van der Waals surface area contributed by atoms with E-state index in [1.807, 2.05) is 12.1 Å². The van der Waals surface area contributed by atoms with Crippen LogP contribution in [0.1, 0.15) is 0 Å². The molecule has 0 heterocycles. The van der Waals surface area contributed by atoms with Crippen LogP contribution in [0.3, 0.4) is 0 Å². The maximum Gasteiger partial charge on any atom is 0.844 e. The number of rotatable bonds is 1. The minimum Gasteiger partial charge on any atom is -0.211 e. The number of halogens is 5. The van der Waals surface area contributed by atoms with Crippen molar-refractivity contribution in [3.05, 3.63) is 60.7 Å². The van der Waals surface area contributed by atoms with Crippen LogP contribution in [0.25, 0.3) is 11.1 Å². The number of hydrogen-bond acceptors (Lipinski definition) is 0. The zero-order valence-corrected chi connectivity index (χ0v) is 11.0. The van der Waals surface area contributed by atoms with Crippen LogP contribution >= 0.6 is 12.4 Å². The predicted octanol–water partition coefficient (Wildman–Crippen LogP) is 5.08. The van der Waals surface area contributed by atoms with Crippen molar-refractivity contribution in [2.24, 2.45) is 0 Å². The Labute approximate surface area is 110 Å². The van der Waals surface area contributed by atoms with Crippen LogP contribution in [0, 0.1) is 0 Å². The van der Waals surface area contributed by atoms with Gasteiger partial charge in [0.2, 0.25) is 0 Å². The van der Waals surface area contributed by atoms with E-state index in [4.69, 9.17) is 0 Å². The van der Waals surface area contributed by atoms with Gasteiger partial charge in [0, 0.05) is 0 Å². The predicted molar refractivity (Wildman–Crippen MR) is 69.3 cm³/mol. The van der Waals surface area contributed by atoms with E-state index < -0.39 is 9.41 Å². The molecular weight excluding hydrogens is 284 g/mol. The van der Waals surface area contributed by atoms with Gasteiger partial charge in [-0.1, -0.05) is 60.7 Å². The third-order valence-electron chi connectivity index (χ3n) is 1.88. The molecule has 0 saturated heterocycles. The molecule has 2 aromatic rings. The van der Waals surface area contributed by atoms with Crippen LogP contribution in [0.4, 0.5) is 16.4 Å². The third-order valence-corrected chi connectivity index (χ3v) is 1.88. The molecule has 0 nitrogen and oxygen atoms in total. The molecule has 0 aromatic heterocycles. The Morgan fingerprint density at radius 1 is 0.556 bits per heavy atom. The number of hydrogen-bond donors (Lipinski definition) is 0. The standard InChI is InChI=1S/C12H10.ClH.F4Si/c1-3-7-11(8-4-1)12-9-5-2-6-10-12;;1-5(2,3)4/h1-10H;1H;. The lowest BCUT2D eigenvalue weighted by Gasteiger charge is -1.98. The topological polar surface area (TPSA) is 0 Å². The van der Waals surface area contributed by atoms with Gasteiger partial charge in [0.15, 0.2) is 0 Å². The van der Waals surface area contributed by atoms with Crippen molar-refractivity contribution < 1.29 is 16.4 Å². The Hall–Kier alpha value is -1.33. The Balaban J connectivity index is 0.000000421. The molecule has 0 spiro atoms. The first-order valence-corrected chi connectivity index (χ1v) is 6.34. The molecule has 0 aliphatic rings. The van der Waals surface area contributed by atoms with Crippen LogP contribution in [0.2, 0.25) is 0 Å². The molecule has 0 radical (unpaired) electrons. The average molecular weight is 295 g/mol. The molecule has 0 N–H and O–H groups in total. The van der Waals surface area contributed by atoms with E-state index >= 15 is 0 Å². The summed E-state index contributed by atoms with van der Waals surface area (Å²) in [7, 11) is -6.61. The summed E-state index contributed by atoms with van der Waals surface area (Å²) in [6.45, 7) is 0. The van der Waals surface area contributed by atoms with E-state index in [1.54, 1.807) is 0 Å². The lowest BCUT2D eigenvalue weighted by atomic mass is 10.1. The molecule has 0 saturated carbocycles. The van der Waals surface area contributed by atoms with Crippen molar-refractivity contribution >= 4 is 21.8 Å². The second-order valence-corrected chi connectivity index (χ2v) is 4.02. The maximum absolute atomic E-state index is 9.83. The molecule has 6 heteroatoms. The van der Waals surface area contributed by atoms with Crippen molar-refractivity contribution in [1.82, 2.24) is 0 Å². The highest BCUT2D eigenvalue weighted by Gasteiger charge is 2.39. The molecule has 0 bridgehead atoms. The zero-order chi connectivity index (χ0) is 12.7. The van der Waals surface area contributed by atoms with E-state index in [1.165, 1.54) is 11.1 Å². The van der Waals surface area contributed by atoms with Crippen LogP contribution in [0.15, 0.2) is 60.7 Å². The van der Waals surface area contributed by atoms with Gasteiger partial charge in [-0.15, -0.1) is 12.4 Å². The van der Waals surface area contributed by atoms with E-state index in [2.05, 4.69) is 48.5 Å². The fraction of sp³-hybridized carbons (Fsp3) is 0. The second kappa shape index (κ2) is 7.89. The molecule has 18 heavy (non-hydrogen) atoms. The summed E-state index contributed by atoms with van der Waals surface area (Å²) in [5.41, 5.74) is 2.55. The fourth-order valence-corrected chi connectivity index (χ4v) is 1.26. The van der Waals surface area contributed by atoms with Crippen molar-refractivity contribution in [3.8, 4) is 11.1 Å². The Bertz CT molecular complexity index is 387. The van der Waals surface area contributed by atoms with Crippen molar-refractivity contribution in [3.63, 3.8) is 0 Å².